The maximum absolute atomic E-state index is 10.3. The molecule has 1 heterocycles. The number of phenolic OH excluding ortho intramolecular Hbond substituents is 2. The number of hydrogen-bond acceptors (Lipinski definition) is 9. The standard InChI is InChI=1S/C18H26ClN3.2C7H6O4/c1-4-22(5-2)12-6-7-14(3)21-17-10-11-20-18-13-15(19)8-9-16(17)18;2*8-4-1-2-6(9)5(3-4)7(10)11/h8-11,13-14H,4-7,12H2,1-3H3,(H,20,21);2*1-3,8-9H,(H,10,11). The lowest BCUT2D eigenvalue weighted by molar-refractivity contribution is 0.0682. The van der Waals surface area contributed by atoms with Crippen molar-refractivity contribution in [2.24, 2.45) is 0 Å². The van der Waals surface area contributed by atoms with Crippen LogP contribution in [0.1, 0.15) is 54.3 Å². The van der Waals surface area contributed by atoms with Crippen molar-refractivity contribution < 1.29 is 40.2 Å². The minimum Gasteiger partial charge on any atom is -0.508 e. The first-order valence-corrected chi connectivity index (χ1v) is 14.3. The number of carbonyl (C=O) groups is 2. The molecule has 0 fully saturated rings. The van der Waals surface area contributed by atoms with Crippen molar-refractivity contribution in [3.63, 3.8) is 0 Å². The van der Waals surface area contributed by atoms with Crippen LogP contribution < -0.4 is 5.32 Å². The van der Waals surface area contributed by atoms with Crippen molar-refractivity contribution in [2.45, 2.75) is 39.7 Å². The van der Waals surface area contributed by atoms with Gasteiger partial charge in [-0.1, -0.05) is 25.4 Å². The Hall–Kier alpha value is -4.74. The largest absolute Gasteiger partial charge is 0.508 e. The van der Waals surface area contributed by atoms with E-state index in [4.69, 9.17) is 42.2 Å². The number of benzene rings is 3. The summed E-state index contributed by atoms with van der Waals surface area (Å²) in [5.41, 5.74) is 1.47. The second-order valence-corrected chi connectivity index (χ2v) is 10.2. The van der Waals surface area contributed by atoms with Crippen LogP contribution in [0.5, 0.6) is 23.0 Å². The van der Waals surface area contributed by atoms with Crippen LogP contribution >= 0.6 is 11.6 Å². The number of aromatic nitrogens is 1. The van der Waals surface area contributed by atoms with E-state index in [2.05, 4.69) is 36.0 Å². The van der Waals surface area contributed by atoms with Crippen LogP contribution in [0.4, 0.5) is 5.69 Å². The minimum atomic E-state index is -1.27. The van der Waals surface area contributed by atoms with Crippen LogP contribution in [0.25, 0.3) is 10.9 Å². The van der Waals surface area contributed by atoms with Crippen LogP contribution in [0.3, 0.4) is 0 Å². The number of pyridine rings is 1. The lowest BCUT2D eigenvalue weighted by Crippen LogP contribution is -2.25. The highest BCUT2D eigenvalue weighted by Gasteiger charge is 2.10. The summed E-state index contributed by atoms with van der Waals surface area (Å²) in [6.07, 6.45) is 4.21. The summed E-state index contributed by atoms with van der Waals surface area (Å²) < 4.78 is 0. The summed E-state index contributed by atoms with van der Waals surface area (Å²) in [7, 11) is 0. The van der Waals surface area contributed by atoms with Gasteiger partial charge in [0.15, 0.2) is 0 Å². The van der Waals surface area contributed by atoms with Crippen LogP contribution in [-0.2, 0) is 0 Å². The Morgan fingerprint density at radius 2 is 1.39 bits per heavy atom. The molecule has 44 heavy (non-hydrogen) atoms. The predicted octanol–water partition coefficient (Wildman–Crippen LogP) is 6.40. The van der Waals surface area contributed by atoms with Crippen molar-refractivity contribution in [2.75, 3.05) is 25.0 Å². The normalized spacial score (nSPS) is 11.1. The number of anilines is 1. The molecular weight excluding hydrogens is 590 g/mol. The van der Waals surface area contributed by atoms with E-state index >= 15 is 0 Å². The Bertz CT molecular complexity index is 1480. The number of rotatable bonds is 10. The van der Waals surface area contributed by atoms with Gasteiger partial charge in [-0.15, -0.1) is 0 Å². The van der Waals surface area contributed by atoms with Crippen LogP contribution in [0.2, 0.25) is 5.02 Å². The second-order valence-electron chi connectivity index (χ2n) is 9.75. The molecule has 236 valence electrons. The Morgan fingerprint density at radius 1 is 0.841 bits per heavy atom. The third-order valence-electron chi connectivity index (χ3n) is 6.53. The van der Waals surface area contributed by atoms with Gasteiger partial charge in [-0.05, 0) is 100 Å². The number of phenols is 4. The highest BCUT2D eigenvalue weighted by atomic mass is 35.5. The predicted molar refractivity (Wildman–Crippen MR) is 170 cm³/mol. The van der Waals surface area contributed by atoms with Crippen molar-refractivity contribution in [3.8, 4) is 23.0 Å². The summed E-state index contributed by atoms with van der Waals surface area (Å²) in [6.45, 7) is 10.1. The molecule has 11 nitrogen and oxygen atoms in total. The topological polar surface area (TPSA) is 184 Å². The maximum atomic E-state index is 10.3. The van der Waals surface area contributed by atoms with Gasteiger partial charge in [0.05, 0.1) is 5.52 Å². The van der Waals surface area contributed by atoms with E-state index in [-0.39, 0.29) is 34.1 Å². The molecule has 1 atom stereocenters. The molecule has 0 bridgehead atoms. The summed E-state index contributed by atoms with van der Waals surface area (Å²) in [4.78, 5) is 27.5. The number of aromatic carboxylic acids is 2. The Kier molecular flexibility index (Phi) is 14.0. The van der Waals surface area contributed by atoms with E-state index < -0.39 is 11.9 Å². The third-order valence-corrected chi connectivity index (χ3v) is 6.77. The summed E-state index contributed by atoms with van der Waals surface area (Å²) in [6, 6.07) is 15.0. The van der Waals surface area contributed by atoms with E-state index in [1.807, 2.05) is 30.5 Å². The van der Waals surface area contributed by atoms with E-state index in [1.165, 1.54) is 25.1 Å². The molecule has 0 amide bonds. The number of fused-ring (bicyclic) bond motifs is 1. The van der Waals surface area contributed by atoms with Crippen LogP contribution in [0.15, 0.2) is 66.9 Å². The number of carboxylic acids is 2. The summed E-state index contributed by atoms with van der Waals surface area (Å²) in [5.74, 6) is -3.59. The zero-order valence-electron chi connectivity index (χ0n) is 24.7. The minimum absolute atomic E-state index is 0.180. The quantitative estimate of drug-likeness (QED) is 0.0965. The molecule has 7 N–H and O–H groups in total. The Labute approximate surface area is 260 Å². The van der Waals surface area contributed by atoms with Crippen molar-refractivity contribution in [3.05, 3.63) is 83.0 Å². The average molecular weight is 628 g/mol. The first kappa shape index (κ1) is 35.5. The zero-order valence-corrected chi connectivity index (χ0v) is 25.5. The number of carboxylic acid groups (broad SMARTS) is 2. The molecule has 12 heteroatoms. The highest BCUT2D eigenvalue weighted by Crippen LogP contribution is 2.26. The fraction of sp³-hybridized carbons (Fsp3) is 0.281. The zero-order chi connectivity index (χ0) is 32.8. The monoisotopic (exact) mass is 627 g/mol. The summed E-state index contributed by atoms with van der Waals surface area (Å²) in [5, 5.41) is 57.8. The number of nitrogens with zero attached hydrogens (tertiary/aromatic N) is 2. The van der Waals surface area contributed by atoms with Crippen LogP contribution in [0, 0.1) is 0 Å². The van der Waals surface area contributed by atoms with Crippen molar-refractivity contribution >= 4 is 40.1 Å². The second kappa shape index (κ2) is 17.4. The van der Waals surface area contributed by atoms with Gasteiger partial charge in [-0.3, -0.25) is 4.98 Å². The van der Waals surface area contributed by atoms with E-state index in [1.54, 1.807) is 0 Å². The lowest BCUT2D eigenvalue weighted by Gasteiger charge is -2.20. The van der Waals surface area contributed by atoms with Gasteiger partial charge >= 0.3 is 11.9 Å². The molecule has 0 radical (unpaired) electrons. The van der Waals surface area contributed by atoms with Crippen LogP contribution in [-0.4, -0.2) is 78.1 Å². The average Bonchev–Trinajstić information content (AvgIpc) is 2.98. The van der Waals surface area contributed by atoms with E-state index in [0.717, 1.165) is 65.4 Å². The molecule has 4 aromatic rings. The summed E-state index contributed by atoms with van der Waals surface area (Å²) >= 11 is 6.04. The van der Waals surface area contributed by atoms with Gasteiger partial charge in [-0.2, -0.15) is 0 Å². The molecule has 0 aliphatic rings. The molecule has 4 rings (SSSR count). The SMILES string of the molecule is CCN(CC)CCCC(C)Nc1ccnc2cc(Cl)ccc12.O=C(O)c1cc(O)ccc1O.O=C(O)c1cc(O)ccc1O. The third kappa shape index (κ3) is 11.2. The number of halogens is 1. The number of aromatic hydroxyl groups is 4. The molecule has 0 saturated heterocycles. The molecule has 1 unspecified atom stereocenters. The maximum Gasteiger partial charge on any atom is 0.339 e. The van der Waals surface area contributed by atoms with Crippen molar-refractivity contribution in [1.29, 1.82) is 0 Å². The number of nitrogens with one attached hydrogen (secondary N) is 1. The fourth-order valence-corrected chi connectivity index (χ4v) is 4.30. The lowest BCUT2D eigenvalue weighted by atomic mass is 10.1. The number of hydrogen-bond donors (Lipinski definition) is 7. The smallest absolute Gasteiger partial charge is 0.339 e. The first-order chi connectivity index (χ1) is 20.9. The molecule has 3 aromatic carbocycles. The van der Waals surface area contributed by atoms with E-state index in [0.29, 0.717) is 6.04 Å². The molecule has 0 aliphatic carbocycles. The highest BCUT2D eigenvalue weighted by molar-refractivity contribution is 6.31. The van der Waals surface area contributed by atoms with Gasteiger partial charge in [0.2, 0.25) is 0 Å². The molecule has 1 aromatic heterocycles. The molecule has 0 saturated carbocycles. The van der Waals surface area contributed by atoms with E-state index in [9.17, 15) is 9.59 Å². The fourth-order valence-electron chi connectivity index (χ4n) is 4.14. The van der Waals surface area contributed by atoms with Gasteiger partial charge < -0.3 is 40.9 Å². The van der Waals surface area contributed by atoms with Crippen molar-refractivity contribution in [1.82, 2.24) is 9.88 Å². The van der Waals surface area contributed by atoms with Gasteiger partial charge in [0.25, 0.3) is 0 Å². The first-order valence-electron chi connectivity index (χ1n) is 13.9. The molecule has 0 aliphatic heterocycles. The Morgan fingerprint density at radius 3 is 1.86 bits per heavy atom. The van der Waals surface area contributed by atoms with Gasteiger partial charge in [0.1, 0.15) is 34.1 Å². The molecule has 0 spiro atoms. The Balaban J connectivity index is 0.000000257. The molecular formula is C32H38ClN3O8. The van der Waals surface area contributed by atoms with Gasteiger partial charge in [0, 0.05) is 28.3 Å². The van der Waals surface area contributed by atoms with Gasteiger partial charge in [-0.25, -0.2) is 9.59 Å².